The Morgan fingerprint density at radius 3 is 0.908 bits per heavy atom. The number of rotatable bonds is 52. The van der Waals surface area contributed by atoms with E-state index >= 15 is 0 Å². The average molecular weight is 914 g/mol. The van der Waals surface area contributed by atoms with Gasteiger partial charge in [-0.25, -0.2) is 0 Å². The molecule has 0 saturated heterocycles. The first-order valence-electron chi connectivity index (χ1n) is 28.5. The maximum absolute atomic E-state index is 12.8. The molecule has 0 bridgehead atoms. The van der Waals surface area contributed by atoms with Gasteiger partial charge in [0.25, 0.3) is 0 Å². The molecule has 6 nitrogen and oxygen atoms in total. The van der Waals surface area contributed by atoms with Gasteiger partial charge in [0.1, 0.15) is 13.2 Å². The topological polar surface area (TPSA) is 78.9 Å². The second-order valence-corrected chi connectivity index (χ2v) is 19.2. The molecule has 0 aliphatic rings. The van der Waals surface area contributed by atoms with Gasteiger partial charge in [-0.05, 0) is 77.0 Å². The number of ether oxygens (including phenoxy) is 3. The van der Waals surface area contributed by atoms with E-state index in [9.17, 15) is 14.4 Å². The molecule has 0 fully saturated rings. The Bertz CT molecular complexity index is 1090. The Morgan fingerprint density at radius 1 is 0.308 bits per heavy atom. The highest BCUT2D eigenvalue weighted by Crippen LogP contribution is 2.16. The number of hydrogen-bond acceptors (Lipinski definition) is 6. The van der Waals surface area contributed by atoms with E-state index in [2.05, 4.69) is 57.2 Å². The van der Waals surface area contributed by atoms with Crippen molar-refractivity contribution < 1.29 is 28.6 Å². The summed E-state index contributed by atoms with van der Waals surface area (Å²) in [6, 6.07) is 0. The fourth-order valence-corrected chi connectivity index (χ4v) is 8.29. The fraction of sp³-hybridized carbons (Fsp3) is 0.847. The number of carbonyl (C=O) groups excluding carboxylic acids is 3. The van der Waals surface area contributed by atoms with Crippen LogP contribution in [-0.2, 0) is 28.6 Å². The number of allylic oxidation sites excluding steroid dienone is 6. The molecule has 0 aliphatic carbocycles. The van der Waals surface area contributed by atoms with E-state index in [0.717, 1.165) is 83.5 Å². The lowest BCUT2D eigenvalue weighted by Gasteiger charge is -2.18. The first kappa shape index (κ1) is 62.6. The van der Waals surface area contributed by atoms with E-state index < -0.39 is 6.10 Å². The summed E-state index contributed by atoms with van der Waals surface area (Å²) in [5.74, 6) is -0.878. The molecular formula is C59H108O6. The zero-order valence-electron chi connectivity index (χ0n) is 43.5. The Kier molecular flexibility index (Phi) is 52.3. The quantitative estimate of drug-likeness (QED) is 0.0262. The van der Waals surface area contributed by atoms with Crippen molar-refractivity contribution in [1.29, 1.82) is 0 Å². The first-order chi connectivity index (χ1) is 32.0. The van der Waals surface area contributed by atoms with Crippen LogP contribution in [0.4, 0.5) is 0 Å². The molecule has 380 valence electrons. The van der Waals surface area contributed by atoms with Crippen molar-refractivity contribution in [3.8, 4) is 0 Å². The van der Waals surface area contributed by atoms with Gasteiger partial charge >= 0.3 is 17.9 Å². The van der Waals surface area contributed by atoms with Gasteiger partial charge in [0.2, 0.25) is 0 Å². The minimum atomic E-state index is -0.778. The van der Waals surface area contributed by atoms with Crippen LogP contribution in [0.2, 0.25) is 0 Å². The molecule has 0 radical (unpaired) electrons. The van der Waals surface area contributed by atoms with E-state index in [1.165, 1.54) is 180 Å². The maximum atomic E-state index is 12.8. The van der Waals surface area contributed by atoms with E-state index in [1.807, 2.05) is 0 Å². The predicted molar refractivity (Wildman–Crippen MR) is 279 cm³/mol. The van der Waals surface area contributed by atoms with Gasteiger partial charge in [0.15, 0.2) is 6.10 Å². The number of esters is 3. The average Bonchev–Trinajstić information content (AvgIpc) is 3.30. The van der Waals surface area contributed by atoms with E-state index in [0.29, 0.717) is 19.3 Å². The highest BCUT2D eigenvalue weighted by atomic mass is 16.6. The molecular weight excluding hydrogens is 805 g/mol. The second kappa shape index (κ2) is 54.2. The molecule has 0 spiro atoms. The largest absolute Gasteiger partial charge is 0.462 e. The van der Waals surface area contributed by atoms with Gasteiger partial charge in [-0.1, -0.05) is 243 Å². The zero-order valence-corrected chi connectivity index (χ0v) is 43.5. The second-order valence-electron chi connectivity index (χ2n) is 19.2. The molecule has 65 heavy (non-hydrogen) atoms. The monoisotopic (exact) mass is 913 g/mol. The highest BCUT2D eigenvalue weighted by Gasteiger charge is 2.19. The minimum absolute atomic E-state index is 0.0757. The van der Waals surface area contributed by atoms with Crippen molar-refractivity contribution in [3.05, 3.63) is 36.5 Å². The van der Waals surface area contributed by atoms with Crippen LogP contribution in [0, 0.1) is 0 Å². The summed E-state index contributed by atoms with van der Waals surface area (Å²) in [5.41, 5.74) is 0. The van der Waals surface area contributed by atoms with Crippen LogP contribution in [0.25, 0.3) is 0 Å². The molecule has 0 amide bonds. The van der Waals surface area contributed by atoms with Crippen molar-refractivity contribution in [2.75, 3.05) is 13.2 Å². The lowest BCUT2D eigenvalue weighted by molar-refractivity contribution is -0.167. The molecule has 0 unspecified atom stereocenters. The Hall–Kier alpha value is -2.37. The third-order valence-corrected chi connectivity index (χ3v) is 12.6. The van der Waals surface area contributed by atoms with Gasteiger partial charge in [0.05, 0.1) is 0 Å². The van der Waals surface area contributed by atoms with Crippen LogP contribution < -0.4 is 0 Å². The summed E-state index contributed by atoms with van der Waals surface area (Å²) in [6.45, 7) is 6.62. The van der Waals surface area contributed by atoms with Gasteiger partial charge in [-0.2, -0.15) is 0 Å². The number of carbonyl (C=O) groups is 3. The smallest absolute Gasteiger partial charge is 0.306 e. The molecule has 6 heteroatoms. The lowest BCUT2D eigenvalue weighted by atomic mass is 10.0. The van der Waals surface area contributed by atoms with E-state index in [-0.39, 0.29) is 31.1 Å². The summed E-state index contributed by atoms with van der Waals surface area (Å²) in [5, 5.41) is 0. The third-order valence-electron chi connectivity index (χ3n) is 12.6. The summed E-state index contributed by atoms with van der Waals surface area (Å²) < 4.78 is 16.9. The number of hydrogen-bond donors (Lipinski definition) is 0. The van der Waals surface area contributed by atoms with Crippen LogP contribution in [0.15, 0.2) is 36.5 Å². The van der Waals surface area contributed by atoms with Crippen molar-refractivity contribution in [3.63, 3.8) is 0 Å². The third kappa shape index (κ3) is 52.5. The van der Waals surface area contributed by atoms with Gasteiger partial charge in [-0.15, -0.1) is 0 Å². The standard InChI is InChI=1S/C59H108O6/c1-4-7-10-13-16-19-22-25-28-29-32-34-37-40-43-46-49-52-58(61)64-55-56(65-59(62)53-50-47-44-41-38-35-31-27-24-21-18-15-12-9-6-3)54-63-57(60)51-48-45-42-39-36-33-30-26-23-20-17-14-11-8-5-2/h18,20-21,23,27,31,56H,4-17,19,22,24-26,28-30,32-55H2,1-3H3/b21-18+,23-20+,31-27+/t56-/m1/s1. The molecule has 0 aromatic carbocycles. The minimum Gasteiger partial charge on any atom is -0.462 e. The van der Waals surface area contributed by atoms with Crippen LogP contribution in [0.5, 0.6) is 0 Å². The summed E-state index contributed by atoms with van der Waals surface area (Å²) in [4.78, 5) is 38.1. The Balaban J connectivity index is 4.36. The first-order valence-corrected chi connectivity index (χ1v) is 28.5. The van der Waals surface area contributed by atoms with Crippen molar-refractivity contribution in [1.82, 2.24) is 0 Å². The number of unbranched alkanes of at least 4 members (excludes halogenated alkanes) is 35. The SMILES string of the molecule is CCCCC/C=C/C/C=C/CCCCCCCC(=O)O[C@H](COC(=O)CCCCCCCCC/C=C/CCCCCC)COC(=O)CCCCCCCCCCCCCCCCCCC. The summed E-state index contributed by atoms with van der Waals surface area (Å²) in [7, 11) is 0. The molecule has 0 rings (SSSR count). The van der Waals surface area contributed by atoms with E-state index in [1.54, 1.807) is 0 Å². The summed E-state index contributed by atoms with van der Waals surface area (Å²) >= 11 is 0. The molecule has 0 aromatic heterocycles. The van der Waals surface area contributed by atoms with E-state index in [4.69, 9.17) is 14.2 Å². The van der Waals surface area contributed by atoms with Gasteiger partial charge < -0.3 is 14.2 Å². The van der Waals surface area contributed by atoms with Crippen LogP contribution in [-0.4, -0.2) is 37.2 Å². The van der Waals surface area contributed by atoms with Crippen LogP contribution in [0.3, 0.4) is 0 Å². The molecule has 1 atom stereocenters. The zero-order chi connectivity index (χ0) is 47.2. The van der Waals surface area contributed by atoms with Crippen molar-refractivity contribution in [2.24, 2.45) is 0 Å². The maximum Gasteiger partial charge on any atom is 0.306 e. The van der Waals surface area contributed by atoms with Crippen LogP contribution >= 0.6 is 0 Å². The van der Waals surface area contributed by atoms with Crippen molar-refractivity contribution in [2.45, 2.75) is 309 Å². The van der Waals surface area contributed by atoms with Crippen LogP contribution in [0.1, 0.15) is 303 Å². The summed E-state index contributed by atoms with van der Waals surface area (Å²) in [6.07, 6.45) is 64.1. The Morgan fingerprint density at radius 2 is 0.554 bits per heavy atom. The van der Waals surface area contributed by atoms with Gasteiger partial charge in [0, 0.05) is 19.3 Å². The molecule has 0 saturated carbocycles. The fourth-order valence-electron chi connectivity index (χ4n) is 8.29. The molecule has 0 aliphatic heterocycles. The normalized spacial score (nSPS) is 12.2. The predicted octanol–water partition coefficient (Wildman–Crippen LogP) is 18.9. The molecule has 0 aromatic rings. The Labute approximate surface area is 404 Å². The molecule has 0 heterocycles. The van der Waals surface area contributed by atoms with Crippen molar-refractivity contribution >= 4 is 17.9 Å². The van der Waals surface area contributed by atoms with Gasteiger partial charge in [-0.3, -0.25) is 14.4 Å². The molecule has 0 N–H and O–H groups in total. The lowest BCUT2D eigenvalue weighted by Crippen LogP contribution is -2.30. The highest BCUT2D eigenvalue weighted by molar-refractivity contribution is 5.71.